The minimum Gasteiger partial charge on any atom is -0.497 e. The van der Waals surface area contributed by atoms with Gasteiger partial charge >= 0.3 is 0 Å². The van der Waals surface area contributed by atoms with Crippen LogP contribution in [-0.4, -0.2) is 41.3 Å². The molecule has 1 aliphatic heterocycles. The summed E-state index contributed by atoms with van der Waals surface area (Å²) in [4.78, 5) is 13.3. The van der Waals surface area contributed by atoms with Crippen molar-refractivity contribution in [2.24, 2.45) is 0 Å². The van der Waals surface area contributed by atoms with Crippen molar-refractivity contribution in [1.29, 1.82) is 0 Å². The first kappa shape index (κ1) is 20.2. The maximum atomic E-state index is 13.4. The number of nitrogens with zero attached hydrogens (tertiary/aromatic N) is 4. The molecule has 1 unspecified atom stereocenters. The van der Waals surface area contributed by atoms with Crippen molar-refractivity contribution in [3.63, 3.8) is 0 Å². The fraction of sp³-hybridized carbons (Fsp3) is 0.286. The van der Waals surface area contributed by atoms with Gasteiger partial charge in [-0.1, -0.05) is 12.5 Å². The predicted molar refractivity (Wildman–Crippen MR) is 113 cm³/mol. The molecule has 156 valence electrons. The number of piperidine rings is 1. The van der Waals surface area contributed by atoms with Gasteiger partial charge in [0.2, 0.25) is 16.0 Å². The molecule has 9 heteroatoms. The first-order chi connectivity index (χ1) is 14.6. The molecule has 1 saturated heterocycles. The summed E-state index contributed by atoms with van der Waals surface area (Å²) >= 11 is 0. The summed E-state index contributed by atoms with van der Waals surface area (Å²) in [6.07, 6.45) is 5.77. The lowest BCUT2D eigenvalue weighted by Crippen LogP contribution is -2.38. The molecule has 3 aromatic rings. The summed E-state index contributed by atoms with van der Waals surface area (Å²) in [5.41, 5.74) is 0.667. The zero-order valence-electron chi connectivity index (χ0n) is 16.6. The highest BCUT2D eigenvalue weighted by molar-refractivity contribution is 7.89. The number of hydrogen-bond donors (Lipinski definition) is 1. The number of rotatable bonds is 6. The summed E-state index contributed by atoms with van der Waals surface area (Å²) in [7, 11) is -2.12. The first-order valence-corrected chi connectivity index (χ1v) is 11.2. The summed E-state index contributed by atoms with van der Waals surface area (Å²) in [6, 6.07) is 13.4. The van der Waals surface area contributed by atoms with Crippen LogP contribution in [0.4, 0.5) is 11.8 Å². The van der Waals surface area contributed by atoms with Crippen molar-refractivity contribution >= 4 is 21.8 Å². The third-order valence-corrected chi connectivity index (χ3v) is 6.97. The second-order valence-corrected chi connectivity index (χ2v) is 8.84. The molecule has 4 rings (SSSR count). The highest BCUT2D eigenvalue weighted by Crippen LogP contribution is 2.35. The zero-order chi connectivity index (χ0) is 21.0. The smallest absolute Gasteiger partial charge is 0.243 e. The SMILES string of the molecule is COc1ccc(S(=O)(=O)N2CCCCC2c2ccnc(Nc3ccccn3)n2)cc1. The Kier molecular flexibility index (Phi) is 5.91. The third kappa shape index (κ3) is 4.27. The molecule has 2 aromatic heterocycles. The van der Waals surface area contributed by atoms with Gasteiger partial charge in [0, 0.05) is 18.9 Å². The summed E-state index contributed by atoms with van der Waals surface area (Å²) < 4.78 is 33.4. The number of sulfonamides is 1. The number of nitrogens with one attached hydrogen (secondary N) is 1. The molecular formula is C21H23N5O3S. The molecule has 1 fully saturated rings. The minimum absolute atomic E-state index is 0.246. The van der Waals surface area contributed by atoms with E-state index < -0.39 is 10.0 Å². The quantitative estimate of drug-likeness (QED) is 0.645. The summed E-state index contributed by atoms with van der Waals surface area (Å²) in [6.45, 7) is 0.450. The molecule has 8 nitrogen and oxygen atoms in total. The molecule has 0 spiro atoms. The number of aromatic nitrogens is 3. The number of methoxy groups -OCH3 is 1. The number of anilines is 2. The van der Waals surface area contributed by atoms with Crippen LogP contribution in [0.1, 0.15) is 31.0 Å². The third-order valence-electron chi connectivity index (χ3n) is 5.04. The van der Waals surface area contributed by atoms with E-state index in [4.69, 9.17) is 4.74 Å². The van der Waals surface area contributed by atoms with Crippen LogP contribution in [-0.2, 0) is 10.0 Å². The fourth-order valence-corrected chi connectivity index (χ4v) is 5.21. The van der Waals surface area contributed by atoms with E-state index in [-0.39, 0.29) is 10.9 Å². The molecule has 1 atom stereocenters. The van der Waals surface area contributed by atoms with Gasteiger partial charge in [-0.2, -0.15) is 4.31 Å². The Morgan fingerprint density at radius 2 is 1.87 bits per heavy atom. The van der Waals surface area contributed by atoms with Crippen LogP contribution in [0.2, 0.25) is 0 Å². The van der Waals surface area contributed by atoms with Gasteiger partial charge < -0.3 is 10.1 Å². The highest BCUT2D eigenvalue weighted by Gasteiger charge is 2.35. The van der Waals surface area contributed by atoms with E-state index in [0.29, 0.717) is 36.2 Å². The van der Waals surface area contributed by atoms with Crippen LogP contribution in [0.3, 0.4) is 0 Å². The molecule has 0 amide bonds. The van der Waals surface area contributed by atoms with E-state index in [9.17, 15) is 8.42 Å². The molecule has 1 aromatic carbocycles. The van der Waals surface area contributed by atoms with Gasteiger partial charge in [-0.15, -0.1) is 0 Å². The molecule has 1 N–H and O–H groups in total. The number of pyridine rings is 1. The molecule has 1 aliphatic rings. The largest absolute Gasteiger partial charge is 0.497 e. The predicted octanol–water partition coefficient (Wildman–Crippen LogP) is 3.54. The van der Waals surface area contributed by atoms with Crippen LogP contribution >= 0.6 is 0 Å². The average molecular weight is 426 g/mol. The van der Waals surface area contributed by atoms with Crippen LogP contribution in [0.25, 0.3) is 0 Å². The van der Waals surface area contributed by atoms with E-state index in [1.54, 1.807) is 54.1 Å². The molecule has 30 heavy (non-hydrogen) atoms. The molecule has 0 radical (unpaired) electrons. The summed E-state index contributed by atoms with van der Waals surface area (Å²) in [5, 5.41) is 3.07. The molecule has 0 saturated carbocycles. The Hall–Kier alpha value is -3.04. The molecule has 0 bridgehead atoms. The maximum absolute atomic E-state index is 13.4. The fourth-order valence-electron chi connectivity index (χ4n) is 3.54. The first-order valence-electron chi connectivity index (χ1n) is 9.75. The van der Waals surface area contributed by atoms with E-state index in [1.165, 1.54) is 0 Å². The lowest BCUT2D eigenvalue weighted by Gasteiger charge is -2.34. The lowest BCUT2D eigenvalue weighted by molar-refractivity contribution is 0.251. The number of ether oxygens (including phenoxy) is 1. The van der Waals surface area contributed by atoms with Crippen LogP contribution in [0, 0.1) is 0 Å². The van der Waals surface area contributed by atoms with Crippen LogP contribution in [0.5, 0.6) is 5.75 Å². The normalized spacial score (nSPS) is 17.4. The van der Waals surface area contributed by atoms with Crippen LogP contribution < -0.4 is 10.1 Å². The summed E-state index contributed by atoms with van der Waals surface area (Å²) in [5.74, 6) is 1.63. The van der Waals surface area contributed by atoms with Crippen molar-refractivity contribution < 1.29 is 13.2 Å². The lowest BCUT2D eigenvalue weighted by atomic mass is 10.0. The van der Waals surface area contributed by atoms with E-state index in [1.807, 2.05) is 18.2 Å². The van der Waals surface area contributed by atoms with Gasteiger partial charge in [0.1, 0.15) is 11.6 Å². The topological polar surface area (TPSA) is 97.3 Å². The van der Waals surface area contributed by atoms with Gasteiger partial charge in [0.15, 0.2) is 0 Å². The number of benzene rings is 1. The van der Waals surface area contributed by atoms with E-state index in [0.717, 1.165) is 12.8 Å². The van der Waals surface area contributed by atoms with Gasteiger partial charge in [-0.05, 0) is 55.3 Å². The monoisotopic (exact) mass is 425 g/mol. The van der Waals surface area contributed by atoms with Gasteiger partial charge in [-0.25, -0.2) is 23.4 Å². The molecule has 3 heterocycles. The van der Waals surface area contributed by atoms with Gasteiger partial charge in [0.25, 0.3) is 0 Å². The minimum atomic E-state index is -3.67. The van der Waals surface area contributed by atoms with Gasteiger partial charge in [0.05, 0.1) is 23.7 Å². The zero-order valence-corrected chi connectivity index (χ0v) is 17.4. The maximum Gasteiger partial charge on any atom is 0.243 e. The van der Waals surface area contributed by atoms with Crippen molar-refractivity contribution in [3.8, 4) is 5.75 Å². The standard InChI is InChI=1S/C21H23N5O3S/c1-29-16-8-10-17(11-9-16)30(27,28)26-15-5-3-6-19(26)18-12-14-23-21(24-18)25-20-7-2-4-13-22-20/h2,4,7-14,19H,3,5-6,15H2,1H3,(H,22,23,24,25). The highest BCUT2D eigenvalue weighted by atomic mass is 32.2. The van der Waals surface area contributed by atoms with Crippen molar-refractivity contribution in [1.82, 2.24) is 19.3 Å². The molecule has 0 aliphatic carbocycles. The van der Waals surface area contributed by atoms with Crippen LogP contribution in [0.15, 0.2) is 65.8 Å². The second kappa shape index (κ2) is 8.76. The van der Waals surface area contributed by atoms with E-state index >= 15 is 0 Å². The Morgan fingerprint density at radius 1 is 1.03 bits per heavy atom. The van der Waals surface area contributed by atoms with Crippen molar-refractivity contribution in [3.05, 3.63) is 66.6 Å². The molecular weight excluding hydrogens is 402 g/mol. The second-order valence-electron chi connectivity index (χ2n) is 6.95. The van der Waals surface area contributed by atoms with Gasteiger partial charge in [-0.3, -0.25) is 0 Å². The van der Waals surface area contributed by atoms with Crippen molar-refractivity contribution in [2.45, 2.75) is 30.2 Å². The Morgan fingerprint density at radius 3 is 2.60 bits per heavy atom. The van der Waals surface area contributed by atoms with Crippen molar-refractivity contribution in [2.75, 3.05) is 19.0 Å². The average Bonchev–Trinajstić information content (AvgIpc) is 2.80. The Labute approximate surface area is 176 Å². The van der Waals surface area contributed by atoms with E-state index in [2.05, 4.69) is 20.3 Å². The Balaban J connectivity index is 1.63. The Bertz CT molecular complexity index is 1090. The number of hydrogen-bond acceptors (Lipinski definition) is 7.